The highest BCUT2D eigenvalue weighted by Gasteiger charge is 2.33. The molecule has 1 N–H and O–H groups in total. The SMILES string of the molecule is CN1C(=O)c2ccc(C(=O)NC3=NN(c4ccccc4)C(=O)C3)cc2C1=O. The number of hydrogen-bond donors (Lipinski definition) is 1. The smallest absolute Gasteiger partial charge is 0.261 e. The second kappa shape index (κ2) is 6.17. The van der Waals surface area contributed by atoms with Gasteiger partial charge in [-0.15, -0.1) is 0 Å². The Hall–Kier alpha value is -3.81. The Morgan fingerprint density at radius 1 is 1.00 bits per heavy atom. The fourth-order valence-corrected chi connectivity index (χ4v) is 2.98. The molecule has 0 fully saturated rings. The number of hydrazone groups is 1. The van der Waals surface area contributed by atoms with Crippen LogP contribution in [0.1, 0.15) is 37.5 Å². The normalized spacial score (nSPS) is 15.9. The van der Waals surface area contributed by atoms with E-state index in [-0.39, 0.29) is 34.9 Å². The summed E-state index contributed by atoms with van der Waals surface area (Å²) in [5.74, 6) is -1.39. The van der Waals surface area contributed by atoms with Gasteiger partial charge in [0.2, 0.25) is 0 Å². The lowest BCUT2D eigenvalue weighted by atomic mass is 10.1. The zero-order chi connectivity index (χ0) is 19.1. The van der Waals surface area contributed by atoms with Crippen molar-refractivity contribution in [3.8, 4) is 0 Å². The Morgan fingerprint density at radius 3 is 2.44 bits per heavy atom. The highest BCUT2D eigenvalue weighted by molar-refractivity contribution is 6.22. The molecule has 0 aliphatic carbocycles. The lowest BCUT2D eigenvalue weighted by Gasteiger charge is -2.10. The van der Waals surface area contributed by atoms with Crippen LogP contribution in [0.15, 0.2) is 53.6 Å². The van der Waals surface area contributed by atoms with Gasteiger partial charge in [0, 0.05) is 12.6 Å². The molecule has 0 radical (unpaired) electrons. The summed E-state index contributed by atoms with van der Waals surface area (Å²) in [5, 5.41) is 7.98. The van der Waals surface area contributed by atoms with Crippen LogP contribution in [0.2, 0.25) is 0 Å². The molecule has 0 saturated heterocycles. The highest BCUT2D eigenvalue weighted by atomic mass is 16.2. The van der Waals surface area contributed by atoms with E-state index in [1.165, 1.54) is 30.3 Å². The first kappa shape index (κ1) is 16.6. The molecule has 0 atom stereocenters. The van der Waals surface area contributed by atoms with Crippen LogP contribution in [0.25, 0.3) is 0 Å². The average Bonchev–Trinajstić information content (AvgIpc) is 3.15. The zero-order valence-corrected chi connectivity index (χ0v) is 14.3. The summed E-state index contributed by atoms with van der Waals surface area (Å²) in [4.78, 5) is 49.6. The van der Waals surface area contributed by atoms with E-state index in [1.807, 2.05) is 6.07 Å². The Bertz CT molecular complexity index is 1030. The number of nitrogens with one attached hydrogen (secondary N) is 1. The van der Waals surface area contributed by atoms with Gasteiger partial charge in [0.1, 0.15) is 5.84 Å². The molecule has 0 spiro atoms. The third-order valence-corrected chi connectivity index (χ3v) is 4.39. The molecule has 27 heavy (non-hydrogen) atoms. The van der Waals surface area contributed by atoms with E-state index in [2.05, 4.69) is 10.4 Å². The van der Waals surface area contributed by atoms with Gasteiger partial charge in [0.25, 0.3) is 23.6 Å². The summed E-state index contributed by atoms with van der Waals surface area (Å²) in [6.45, 7) is 0. The number of amidine groups is 1. The minimum atomic E-state index is -0.505. The lowest BCUT2D eigenvalue weighted by Crippen LogP contribution is -2.29. The number of anilines is 1. The van der Waals surface area contributed by atoms with E-state index in [0.29, 0.717) is 5.69 Å². The average molecular weight is 362 g/mol. The molecule has 2 aromatic rings. The molecule has 0 unspecified atom stereocenters. The second-order valence-electron chi connectivity index (χ2n) is 6.15. The lowest BCUT2D eigenvalue weighted by molar-refractivity contribution is -0.116. The van der Waals surface area contributed by atoms with Crippen LogP contribution in [0, 0.1) is 0 Å². The molecular formula is C19H14N4O4. The first-order valence-electron chi connectivity index (χ1n) is 8.19. The van der Waals surface area contributed by atoms with Crippen molar-refractivity contribution in [1.29, 1.82) is 0 Å². The largest absolute Gasteiger partial charge is 0.308 e. The van der Waals surface area contributed by atoms with Crippen molar-refractivity contribution >= 4 is 35.2 Å². The highest BCUT2D eigenvalue weighted by Crippen LogP contribution is 2.23. The molecule has 4 amide bonds. The number of carbonyl (C=O) groups excluding carboxylic acids is 4. The van der Waals surface area contributed by atoms with Crippen LogP contribution < -0.4 is 10.3 Å². The molecule has 0 saturated carbocycles. The van der Waals surface area contributed by atoms with Gasteiger partial charge in [-0.25, -0.2) is 0 Å². The molecule has 8 heteroatoms. The van der Waals surface area contributed by atoms with Crippen LogP contribution in [-0.2, 0) is 4.79 Å². The van der Waals surface area contributed by atoms with Crippen molar-refractivity contribution in [2.75, 3.05) is 12.1 Å². The predicted octanol–water partition coefficient (Wildman–Crippen LogP) is 1.39. The third kappa shape index (κ3) is 2.77. The van der Waals surface area contributed by atoms with Crippen molar-refractivity contribution in [3.63, 3.8) is 0 Å². The maximum atomic E-state index is 12.5. The topological polar surface area (TPSA) is 99.2 Å². The van der Waals surface area contributed by atoms with E-state index in [1.54, 1.807) is 24.3 Å². The number of carbonyl (C=O) groups is 4. The van der Waals surface area contributed by atoms with Crippen molar-refractivity contribution in [1.82, 2.24) is 10.2 Å². The predicted molar refractivity (Wildman–Crippen MR) is 96.3 cm³/mol. The molecule has 134 valence electrons. The van der Waals surface area contributed by atoms with Gasteiger partial charge in [-0.1, -0.05) is 18.2 Å². The summed E-state index contributed by atoms with van der Waals surface area (Å²) in [5.41, 5.74) is 1.27. The van der Waals surface area contributed by atoms with Crippen LogP contribution in [0.4, 0.5) is 5.69 Å². The van der Waals surface area contributed by atoms with Crippen molar-refractivity contribution in [2.45, 2.75) is 6.42 Å². The Labute approximate surface area is 154 Å². The van der Waals surface area contributed by atoms with Crippen LogP contribution in [-0.4, -0.2) is 41.4 Å². The maximum Gasteiger partial charge on any atom is 0.261 e. The van der Waals surface area contributed by atoms with Crippen molar-refractivity contribution in [2.24, 2.45) is 5.10 Å². The van der Waals surface area contributed by atoms with Crippen molar-refractivity contribution < 1.29 is 19.2 Å². The van der Waals surface area contributed by atoms with Gasteiger partial charge in [-0.05, 0) is 30.3 Å². The molecule has 4 rings (SSSR count). The molecule has 2 aromatic carbocycles. The van der Waals surface area contributed by atoms with E-state index >= 15 is 0 Å². The number of imide groups is 1. The first-order chi connectivity index (χ1) is 13.0. The number of fused-ring (bicyclic) bond motifs is 1. The van der Waals surface area contributed by atoms with Crippen molar-refractivity contribution in [3.05, 3.63) is 65.2 Å². The Kier molecular flexibility index (Phi) is 3.80. The maximum absolute atomic E-state index is 12.5. The van der Waals surface area contributed by atoms with Gasteiger partial charge in [-0.2, -0.15) is 10.1 Å². The van der Waals surface area contributed by atoms with E-state index in [9.17, 15) is 19.2 Å². The molecule has 0 aromatic heterocycles. The molecule has 2 aliphatic heterocycles. The Morgan fingerprint density at radius 2 is 1.70 bits per heavy atom. The number of amides is 4. The minimum absolute atomic E-state index is 0.0360. The number of nitrogens with zero attached hydrogens (tertiary/aromatic N) is 3. The summed E-state index contributed by atoms with van der Waals surface area (Å²) in [6.07, 6.45) is -0.0360. The molecule has 2 aliphatic rings. The van der Waals surface area contributed by atoms with Gasteiger partial charge in [-0.3, -0.25) is 24.1 Å². The van der Waals surface area contributed by atoms with Gasteiger partial charge < -0.3 is 5.32 Å². The summed E-state index contributed by atoms with van der Waals surface area (Å²) in [6, 6.07) is 13.2. The summed E-state index contributed by atoms with van der Waals surface area (Å²) in [7, 11) is 1.39. The second-order valence-corrected chi connectivity index (χ2v) is 6.15. The number of benzene rings is 2. The first-order valence-corrected chi connectivity index (χ1v) is 8.19. The van der Waals surface area contributed by atoms with Gasteiger partial charge in [0.05, 0.1) is 23.2 Å². The number of hydrogen-bond acceptors (Lipinski definition) is 5. The van der Waals surface area contributed by atoms with E-state index in [4.69, 9.17) is 0 Å². The van der Waals surface area contributed by atoms with E-state index < -0.39 is 17.7 Å². The van der Waals surface area contributed by atoms with Gasteiger partial charge in [0.15, 0.2) is 0 Å². The minimum Gasteiger partial charge on any atom is -0.308 e. The summed E-state index contributed by atoms with van der Waals surface area (Å²) >= 11 is 0. The number of para-hydroxylation sites is 1. The van der Waals surface area contributed by atoms with Gasteiger partial charge >= 0.3 is 0 Å². The molecule has 2 heterocycles. The summed E-state index contributed by atoms with van der Waals surface area (Å²) < 4.78 is 0. The molecular weight excluding hydrogens is 348 g/mol. The fraction of sp³-hybridized carbons (Fsp3) is 0.105. The van der Waals surface area contributed by atoms with E-state index in [0.717, 1.165) is 4.90 Å². The van der Waals surface area contributed by atoms with Crippen LogP contribution in [0.3, 0.4) is 0 Å². The molecule has 0 bridgehead atoms. The monoisotopic (exact) mass is 362 g/mol. The zero-order valence-electron chi connectivity index (χ0n) is 14.3. The quantitative estimate of drug-likeness (QED) is 0.816. The Balaban J connectivity index is 1.55. The number of rotatable bonds is 2. The molecule has 8 nitrogen and oxygen atoms in total. The fourth-order valence-electron chi connectivity index (χ4n) is 2.98. The van der Waals surface area contributed by atoms with Crippen LogP contribution in [0.5, 0.6) is 0 Å². The standard InChI is InChI=1S/C19H14N4O4/c1-22-18(26)13-8-7-11(9-14(13)19(22)27)17(25)20-15-10-16(24)23(21-15)12-5-3-2-4-6-12/h2-9H,10H2,1H3,(H,20,21,25). The third-order valence-electron chi connectivity index (χ3n) is 4.39. The van der Waals surface area contributed by atoms with Crippen LogP contribution >= 0.6 is 0 Å².